The summed E-state index contributed by atoms with van der Waals surface area (Å²) in [5.41, 5.74) is 2.51. The van der Waals surface area contributed by atoms with Crippen LogP contribution in [0.15, 0.2) is 45.1 Å². The molecule has 2 aliphatic rings. The van der Waals surface area contributed by atoms with Gasteiger partial charge in [-0.05, 0) is 42.5 Å². The Kier molecular flexibility index (Phi) is 6.00. The predicted octanol–water partition coefficient (Wildman–Crippen LogP) is 5.11. The first-order valence-corrected chi connectivity index (χ1v) is 11.0. The number of ketones is 2. The van der Waals surface area contributed by atoms with Crippen LogP contribution in [-0.2, 0) is 17.6 Å². The molecule has 7 nitrogen and oxygen atoms in total. The van der Waals surface area contributed by atoms with Gasteiger partial charge < -0.3 is 14.4 Å². The van der Waals surface area contributed by atoms with Gasteiger partial charge >= 0.3 is 0 Å². The van der Waals surface area contributed by atoms with E-state index < -0.39 is 0 Å². The number of aromatic nitrogens is 1. The van der Waals surface area contributed by atoms with Gasteiger partial charge in [0.05, 0.1) is 35.3 Å². The molecular formula is C25H28N2O5. The van der Waals surface area contributed by atoms with Gasteiger partial charge in [0.15, 0.2) is 11.6 Å². The van der Waals surface area contributed by atoms with Crippen LogP contribution in [0.3, 0.4) is 0 Å². The van der Waals surface area contributed by atoms with Crippen molar-refractivity contribution in [2.75, 3.05) is 7.11 Å². The third kappa shape index (κ3) is 4.52. The lowest BCUT2D eigenvalue weighted by molar-refractivity contribution is -0.115. The molecule has 0 amide bonds. The van der Waals surface area contributed by atoms with Crippen LogP contribution in [0.4, 0.5) is 5.69 Å². The second-order valence-corrected chi connectivity index (χ2v) is 9.22. The molecule has 1 N–H and O–H groups in total. The molecule has 0 bridgehead atoms. The molecule has 1 aromatic heterocycles. The average Bonchev–Trinajstić information content (AvgIpc) is 3.14. The van der Waals surface area contributed by atoms with Gasteiger partial charge in [-0.25, -0.2) is 0 Å². The van der Waals surface area contributed by atoms with Crippen molar-refractivity contribution in [3.8, 4) is 5.75 Å². The Bertz CT molecular complexity index is 1110. The number of aryl methyl sites for hydroxylation is 1. The Hall–Kier alpha value is -3.22. The standard InChI is InChI=1S/C25H28N2O5/c1-25(2)13-21(30)24-18(27-32-22(24)14-25)11-12-20(29)23-17(5-4-6-19(23)28)26-15-7-9-16(31-3)10-8-15/h7-10,29H,4-6,11-14H2,1-3H3/b23-20-,26-17?. The first kappa shape index (κ1) is 22.0. The highest BCUT2D eigenvalue weighted by molar-refractivity contribution is 6.24. The summed E-state index contributed by atoms with van der Waals surface area (Å²) in [5, 5.41) is 14.9. The molecule has 32 heavy (non-hydrogen) atoms. The van der Waals surface area contributed by atoms with Crippen LogP contribution in [-0.4, -0.2) is 34.7 Å². The van der Waals surface area contributed by atoms with Gasteiger partial charge in [0.1, 0.15) is 17.3 Å². The van der Waals surface area contributed by atoms with Gasteiger partial charge in [-0.1, -0.05) is 19.0 Å². The Morgan fingerprint density at radius 3 is 2.62 bits per heavy atom. The van der Waals surface area contributed by atoms with E-state index in [2.05, 4.69) is 10.1 Å². The second-order valence-electron chi connectivity index (χ2n) is 9.22. The van der Waals surface area contributed by atoms with Crippen LogP contribution in [0.1, 0.15) is 67.8 Å². The summed E-state index contributed by atoms with van der Waals surface area (Å²) in [6.07, 6.45) is 3.31. The molecule has 0 unspecified atom stereocenters. The lowest BCUT2D eigenvalue weighted by atomic mass is 9.76. The van der Waals surface area contributed by atoms with Crippen LogP contribution >= 0.6 is 0 Å². The number of Topliss-reactive ketones (excluding diaryl/α,β-unsaturated/α-hetero) is 2. The number of aliphatic hydroxyl groups is 1. The van der Waals surface area contributed by atoms with Crippen LogP contribution < -0.4 is 4.74 Å². The molecule has 1 heterocycles. The summed E-state index contributed by atoms with van der Waals surface area (Å²) in [6.45, 7) is 4.06. The molecule has 0 atom stereocenters. The number of hydrogen-bond donors (Lipinski definition) is 1. The zero-order chi connectivity index (χ0) is 22.9. The third-order valence-electron chi connectivity index (χ3n) is 6.00. The number of ether oxygens (including phenoxy) is 1. The highest BCUT2D eigenvalue weighted by Crippen LogP contribution is 2.36. The molecule has 1 fully saturated rings. The first-order valence-electron chi connectivity index (χ1n) is 11.0. The lowest BCUT2D eigenvalue weighted by Crippen LogP contribution is -2.26. The van der Waals surface area contributed by atoms with E-state index in [0.717, 1.165) is 5.75 Å². The molecule has 1 saturated carbocycles. The van der Waals surface area contributed by atoms with E-state index in [1.165, 1.54) is 0 Å². The molecule has 0 radical (unpaired) electrons. The van der Waals surface area contributed by atoms with Gasteiger partial charge in [0.25, 0.3) is 0 Å². The van der Waals surface area contributed by atoms with Crippen LogP contribution in [0.25, 0.3) is 0 Å². The zero-order valence-electron chi connectivity index (χ0n) is 18.7. The minimum absolute atomic E-state index is 0.0118. The van der Waals surface area contributed by atoms with E-state index in [0.29, 0.717) is 66.9 Å². The van der Waals surface area contributed by atoms with Crippen molar-refractivity contribution in [2.45, 2.75) is 58.8 Å². The summed E-state index contributed by atoms with van der Waals surface area (Å²) in [4.78, 5) is 29.9. The van der Waals surface area contributed by atoms with Crippen molar-refractivity contribution in [3.05, 3.63) is 52.6 Å². The number of allylic oxidation sites excluding steroid dienone is 2. The van der Waals surface area contributed by atoms with Crippen molar-refractivity contribution >= 4 is 23.0 Å². The maximum absolute atomic E-state index is 12.6. The van der Waals surface area contributed by atoms with Crippen molar-refractivity contribution in [2.24, 2.45) is 10.4 Å². The number of benzene rings is 1. The summed E-state index contributed by atoms with van der Waals surface area (Å²) < 4.78 is 10.6. The molecule has 2 aromatic rings. The number of carbonyl (C=O) groups excluding carboxylic acids is 2. The molecule has 4 rings (SSSR count). The summed E-state index contributed by atoms with van der Waals surface area (Å²) in [5.74, 6) is 1.24. The first-order chi connectivity index (χ1) is 15.3. The second kappa shape index (κ2) is 8.73. The number of nitrogens with zero attached hydrogens (tertiary/aromatic N) is 2. The molecular weight excluding hydrogens is 408 g/mol. The molecule has 0 spiro atoms. The zero-order valence-corrected chi connectivity index (χ0v) is 18.7. The Morgan fingerprint density at radius 2 is 1.91 bits per heavy atom. The Morgan fingerprint density at radius 1 is 1.16 bits per heavy atom. The van der Waals surface area contributed by atoms with Crippen LogP contribution in [0.2, 0.25) is 0 Å². The maximum atomic E-state index is 12.6. The lowest BCUT2D eigenvalue weighted by Gasteiger charge is -2.26. The van der Waals surface area contributed by atoms with Gasteiger partial charge in [-0.3, -0.25) is 14.6 Å². The average molecular weight is 437 g/mol. The molecule has 168 valence electrons. The van der Waals surface area contributed by atoms with Crippen LogP contribution in [0, 0.1) is 5.41 Å². The topological polar surface area (TPSA) is 102 Å². The SMILES string of the molecule is COc1ccc(N=C2CCCC(=O)/C2=C(\O)CCc2noc3c2C(=O)CC(C)(C)C3)cc1. The largest absolute Gasteiger partial charge is 0.511 e. The highest BCUT2D eigenvalue weighted by atomic mass is 16.5. The number of carbonyl (C=O) groups is 2. The van der Waals surface area contributed by atoms with E-state index in [-0.39, 0.29) is 34.7 Å². The number of hydrogen-bond acceptors (Lipinski definition) is 7. The van der Waals surface area contributed by atoms with Gasteiger partial charge in [0.2, 0.25) is 0 Å². The van der Waals surface area contributed by atoms with E-state index in [9.17, 15) is 14.7 Å². The molecule has 2 aliphatic carbocycles. The fraction of sp³-hybridized carbons (Fsp3) is 0.440. The molecule has 0 aliphatic heterocycles. The van der Waals surface area contributed by atoms with E-state index >= 15 is 0 Å². The van der Waals surface area contributed by atoms with E-state index in [4.69, 9.17) is 9.26 Å². The highest BCUT2D eigenvalue weighted by Gasteiger charge is 2.36. The summed E-state index contributed by atoms with van der Waals surface area (Å²) in [6, 6.07) is 7.24. The summed E-state index contributed by atoms with van der Waals surface area (Å²) >= 11 is 0. The van der Waals surface area contributed by atoms with Crippen LogP contribution in [0.5, 0.6) is 5.75 Å². The van der Waals surface area contributed by atoms with E-state index in [1.54, 1.807) is 19.2 Å². The number of methoxy groups -OCH3 is 1. The minimum atomic E-state index is -0.146. The minimum Gasteiger partial charge on any atom is -0.511 e. The maximum Gasteiger partial charge on any atom is 0.168 e. The normalized spacial score (nSPS) is 20.9. The van der Waals surface area contributed by atoms with Gasteiger partial charge in [-0.15, -0.1) is 0 Å². The van der Waals surface area contributed by atoms with Crippen molar-refractivity contribution in [1.29, 1.82) is 0 Å². The molecule has 0 saturated heterocycles. The van der Waals surface area contributed by atoms with Gasteiger partial charge in [-0.2, -0.15) is 0 Å². The number of aliphatic hydroxyl groups excluding tert-OH is 1. The number of aliphatic imine (C=N–C) groups is 1. The van der Waals surface area contributed by atoms with E-state index in [1.807, 2.05) is 26.0 Å². The van der Waals surface area contributed by atoms with Gasteiger partial charge in [0, 0.05) is 32.1 Å². The van der Waals surface area contributed by atoms with Crippen molar-refractivity contribution < 1.29 is 24.0 Å². The third-order valence-corrected chi connectivity index (χ3v) is 6.00. The quantitative estimate of drug-likeness (QED) is 0.516. The number of rotatable bonds is 5. The van der Waals surface area contributed by atoms with Crippen molar-refractivity contribution in [1.82, 2.24) is 5.16 Å². The smallest absolute Gasteiger partial charge is 0.168 e. The Balaban J connectivity index is 1.57. The predicted molar refractivity (Wildman–Crippen MR) is 120 cm³/mol. The fourth-order valence-electron chi connectivity index (χ4n) is 4.43. The number of fused-ring (bicyclic) bond motifs is 1. The molecule has 1 aromatic carbocycles. The fourth-order valence-corrected chi connectivity index (χ4v) is 4.43. The monoisotopic (exact) mass is 436 g/mol. The Labute approximate surface area is 187 Å². The molecule has 7 heteroatoms. The summed E-state index contributed by atoms with van der Waals surface area (Å²) in [7, 11) is 1.60. The van der Waals surface area contributed by atoms with Crippen molar-refractivity contribution in [3.63, 3.8) is 0 Å².